The van der Waals surface area contributed by atoms with Crippen LogP contribution in [0.25, 0.3) is 0 Å². The maximum Gasteiger partial charge on any atom is 0.191 e. The predicted molar refractivity (Wildman–Crippen MR) is 120 cm³/mol. The van der Waals surface area contributed by atoms with Gasteiger partial charge in [0.2, 0.25) is 0 Å². The fourth-order valence-corrected chi connectivity index (χ4v) is 3.64. The normalized spacial score (nSPS) is 14.8. The van der Waals surface area contributed by atoms with E-state index in [1.165, 1.54) is 49.7 Å². The van der Waals surface area contributed by atoms with Crippen molar-refractivity contribution in [2.75, 3.05) is 13.6 Å². The standard InChI is InChI=1S/C20H30N6.HI/c1-21-20(23-11-5-10-17-6-2-3-7-17)24-13-18-8-4-9-19(12-18)14-26-16-22-15-25-26;/h4,8-9,12,15-17H,2-3,5-7,10-11,13-14H2,1H3,(H2,21,23,24);1H. The second-order valence-electron chi connectivity index (χ2n) is 7.06. The van der Waals surface area contributed by atoms with Gasteiger partial charge in [-0.1, -0.05) is 49.9 Å². The van der Waals surface area contributed by atoms with Gasteiger partial charge in [0.1, 0.15) is 12.7 Å². The van der Waals surface area contributed by atoms with Crippen molar-refractivity contribution in [3.63, 3.8) is 0 Å². The molecule has 0 unspecified atom stereocenters. The van der Waals surface area contributed by atoms with Crippen LogP contribution < -0.4 is 10.6 Å². The molecule has 1 aliphatic carbocycles. The lowest BCUT2D eigenvalue weighted by Gasteiger charge is -2.14. The molecule has 0 aliphatic heterocycles. The number of benzene rings is 1. The van der Waals surface area contributed by atoms with Gasteiger partial charge in [0, 0.05) is 20.1 Å². The Hall–Kier alpha value is -1.64. The fraction of sp³-hybridized carbons (Fsp3) is 0.550. The molecule has 1 aliphatic rings. The molecule has 7 heteroatoms. The number of hydrogen-bond donors (Lipinski definition) is 2. The largest absolute Gasteiger partial charge is 0.356 e. The first-order valence-electron chi connectivity index (χ1n) is 9.68. The van der Waals surface area contributed by atoms with Crippen molar-refractivity contribution < 1.29 is 0 Å². The molecule has 0 bridgehead atoms. The van der Waals surface area contributed by atoms with Gasteiger partial charge in [0.15, 0.2) is 5.96 Å². The van der Waals surface area contributed by atoms with Crippen LogP contribution in [0.4, 0.5) is 0 Å². The zero-order valence-electron chi connectivity index (χ0n) is 16.1. The van der Waals surface area contributed by atoms with Crippen LogP contribution in [0.5, 0.6) is 0 Å². The molecule has 0 saturated heterocycles. The van der Waals surface area contributed by atoms with E-state index >= 15 is 0 Å². The Morgan fingerprint density at radius 2 is 2.04 bits per heavy atom. The lowest BCUT2D eigenvalue weighted by atomic mass is 10.0. The van der Waals surface area contributed by atoms with Crippen molar-refractivity contribution in [2.45, 2.75) is 51.6 Å². The van der Waals surface area contributed by atoms with Crippen molar-refractivity contribution in [2.24, 2.45) is 10.9 Å². The molecule has 27 heavy (non-hydrogen) atoms. The molecule has 1 saturated carbocycles. The van der Waals surface area contributed by atoms with E-state index in [2.05, 4.69) is 50.0 Å². The Morgan fingerprint density at radius 3 is 2.78 bits per heavy atom. The third-order valence-electron chi connectivity index (χ3n) is 5.04. The number of aliphatic imine (C=N–C) groups is 1. The summed E-state index contributed by atoms with van der Waals surface area (Å²) in [6.07, 6.45) is 11.6. The molecule has 148 valence electrons. The Kier molecular flexibility index (Phi) is 9.58. The summed E-state index contributed by atoms with van der Waals surface area (Å²) < 4.78 is 1.83. The second kappa shape index (κ2) is 11.9. The molecular formula is C20H31IN6. The van der Waals surface area contributed by atoms with E-state index in [0.29, 0.717) is 0 Å². The minimum Gasteiger partial charge on any atom is -0.356 e. The summed E-state index contributed by atoms with van der Waals surface area (Å²) in [5.74, 6) is 1.83. The van der Waals surface area contributed by atoms with Gasteiger partial charge in [0.25, 0.3) is 0 Å². The summed E-state index contributed by atoms with van der Waals surface area (Å²) in [7, 11) is 1.83. The molecule has 0 radical (unpaired) electrons. The van der Waals surface area contributed by atoms with Crippen molar-refractivity contribution >= 4 is 29.9 Å². The van der Waals surface area contributed by atoms with Crippen LogP contribution in [0.15, 0.2) is 41.9 Å². The van der Waals surface area contributed by atoms with E-state index in [1.807, 2.05) is 11.7 Å². The Labute approximate surface area is 179 Å². The van der Waals surface area contributed by atoms with Crippen LogP contribution in [0.1, 0.15) is 49.7 Å². The Bertz CT molecular complexity index is 680. The van der Waals surface area contributed by atoms with E-state index in [9.17, 15) is 0 Å². The van der Waals surface area contributed by atoms with Gasteiger partial charge in [-0.2, -0.15) is 5.10 Å². The number of guanidine groups is 1. The third kappa shape index (κ3) is 7.48. The number of halogens is 1. The number of aromatic nitrogens is 3. The molecule has 0 amide bonds. The van der Waals surface area contributed by atoms with E-state index < -0.39 is 0 Å². The fourth-order valence-electron chi connectivity index (χ4n) is 3.64. The van der Waals surface area contributed by atoms with E-state index in [-0.39, 0.29) is 24.0 Å². The van der Waals surface area contributed by atoms with Crippen LogP contribution in [0, 0.1) is 5.92 Å². The van der Waals surface area contributed by atoms with Crippen LogP contribution >= 0.6 is 24.0 Å². The number of nitrogens with one attached hydrogen (secondary N) is 2. The second-order valence-corrected chi connectivity index (χ2v) is 7.06. The monoisotopic (exact) mass is 482 g/mol. The van der Waals surface area contributed by atoms with Gasteiger partial charge in [0.05, 0.1) is 6.54 Å². The van der Waals surface area contributed by atoms with Crippen molar-refractivity contribution in [1.82, 2.24) is 25.4 Å². The quantitative estimate of drug-likeness (QED) is 0.261. The first-order chi connectivity index (χ1) is 12.8. The topological polar surface area (TPSA) is 67.1 Å². The van der Waals surface area contributed by atoms with Gasteiger partial charge in [-0.3, -0.25) is 4.99 Å². The Balaban J connectivity index is 0.00000261. The summed E-state index contributed by atoms with van der Waals surface area (Å²) in [5.41, 5.74) is 2.45. The zero-order valence-corrected chi connectivity index (χ0v) is 18.4. The smallest absolute Gasteiger partial charge is 0.191 e. The third-order valence-corrected chi connectivity index (χ3v) is 5.04. The first-order valence-corrected chi connectivity index (χ1v) is 9.68. The number of hydrogen-bond acceptors (Lipinski definition) is 3. The van der Waals surface area contributed by atoms with E-state index in [4.69, 9.17) is 0 Å². The van der Waals surface area contributed by atoms with E-state index in [1.54, 1.807) is 12.7 Å². The molecule has 0 spiro atoms. The average Bonchev–Trinajstić information content (AvgIpc) is 3.35. The molecule has 2 N–H and O–H groups in total. The van der Waals surface area contributed by atoms with Crippen molar-refractivity contribution in [3.8, 4) is 0 Å². The molecule has 1 aromatic heterocycles. The van der Waals surface area contributed by atoms with Gasteiger partial charge >= 0.3 is 0 Å². The van der Waals surface area contributed by atoms with Crippen molar-refractivity contribution in [1.29, 1.82) is 0 Å². The summed E-state index contributed by atoms with van der Waals surface area (Å²) in [6, 6.07) is 8.52. The maximum atomic E-state index is 4.33. The average molecular weight is 482 g/mol. The molecule has 3 rings (SSSR count). The van der Waals surface area contributed by atoms with Crippen molar-refractivity contribution in [3.05, 3.63) is 48.0 Å². The molecule has 6 nitrogen and oxygen atoms in total. The lowest BCUT2D eigenvalue weighted by molar-refractivity contribution is 0.481. The van der Waals surface area contributed by atoms with Crippen LogP contribution in [-0.2, 0) is 13.1 Å². The summed E-state index contributed by atoms with van der Waals surface area (Å²) in [4.78, 5) is 8.32. The van der Waals surface area contributed by atoms with Gasteiger partial charge in [-0.05, 0) is 29.9 Å². The maximum absolute atomic E-state index is 4.33. The Morgan fingerprint density at radius 1 is 1.22 bits per heavy atom. The molecule has 1 aromatic carbocycles. The van der Waals surface area contributed by atoms with Gasteiger partial charge in [-0.15, -0.1) is 24.0 Å². The lowest BCUT2D eigenvalue weighted by Crippen LogP contribution is -2.37. The minimum absolute atomic E-state index is 0. The molecule has 1 heterocycles. The number of nitrogens with zero attached hydrogens (tertiary/aromatic N) is 4. The summed E-state index contributed by atoms with van der Waals surface area (Å²) >= 11 is 0. The van der Waals surface area contributed by atoms with Gasteiger partial charge < -0.3 is 10.6 Å². The zero-order chi connectivity index (χ0) is 18.0. The summed E-state index contributed by atoms with van der Waals surface area (Å²) in [5, 5.41) is 11.0. The number of rotatable bonds is 8. The van der Waals surface area contributed by atoms with Crippen LogP contribution in [-0.4, -0.2) is 34.3 Å². The predicted octanol–water partition coefficient (Wildman–Crippen LogP) is 3.58. The first kappa shape index (κ1) is 21.7. The highest BCUT2D eigenvalue weighted by Crippen LogP contribution is 2.28. The van der Waals surface area contributed by atoms with Crippen LogP contribution in [0.3, 0.4) is 0 Å². The SMILES string of the molecule is CN=C(NCCCC1CCCC1)NCc1cccc(Cn2cncn2)c1.I. The summed E-state index contributed by atoms with van der Waals surface area (Å²) in [6.45, 7) is 2.48. The van der Waals surface area contributed by atoms with E-state index in [0.717, 1.165) is 31.5 Å². The molecular weight excluding hydrogens is 451 g/mol. The molecule has 0 atom stereocenters. The highest BCUT2D eigenvalue weighted by atomic mass is 127. The van der Waals surface area contributed by atoms with Gasteiger partial charge in [-0.25, -0.2) is 9.67 Å². The van der Waals surface area contributed by atoms with Crippen LogP contribution in [0.2, 0.25) is 0 Å². The highest BCUT2D eigenvalue weighted by molar-refractivity contribution is 14.0. The molecule has 1 fully saturated rings. The molecule has 2 aromatic rings. The minimum atomic E-state index is 0. The highest BCUT2D eigenvalue weighted by Gasteiger charge is 2.13.